The third kappa shape index (κ3) is 2.38. The second-order valence-corrected chi connectivity index (χ2v) is 5.63. The highest BCUT2D eigenvalue weighted by molar-refractivity contribution is 5.78. The van der Waals surface area contributed by atoms with Crippen LogP contribution in [-0.2, 0) is 4.74 Å². The first-order valence-corrected chi connectivity index (χ1v) is 7.10. The van der Waals surface area contributed by atoms with Crippen molar-refractivity contribution in [2.24, 2.45) is 0 Å². The Morgan fingerprint density at radius 2 is 1.96 bits per heavy atom. The van der Waals surface area contributed by atoms with Crippen LogP contribution in [0.1, 0.15) is 17.4 Å². The number of aromatic nitrogens is 3. The fraction of sp³-hybridized carbons (Fsp3) is 0.500. The van der Waals surface area contributed by atoms with Gasteiger partial charge in [0.05, 0.1) is 6.61 Å². The molecule has 0 amide bonds. The normalized spacial score (nSPS) is 27.7. The summed E-state index contributed by atoms with van der Waals surface area (Å²) in [4.78, 5) is 30.3. The zero-order chi connectivity index (χ0) is 16.9. The molecule has 0 bridgehead atoms. The van der Waals surface area contributed by atoms with Gasteiger partial charge in [0.25, 0.3) is 5.56 Å². The van der Waals surface area contributed by atoms with Gasteiger partial charge < -0.3 is 25.0 Å². The van der Waals surface area contributed by atoms with Gasteiger partial charge in [-0.05, 0) is 19.4 Å². The molecule has 3 heterocycles. The van der Waals surface area contributed by atoms with Crippen molar-refractivity contribution in [3.8, 4) is 0 Å². The van der Waals surface area contributed by atoms with Crippen molar-refractivity contribution in [2.45, 2.75) is 38.4 Å². The van der Waals surface area contributed by atoms with E-state index in [1.54, 1.807) is 13.8 Å². The van der Waals surface area contributed by atoms with Gasteiger partial charge in [-0.1, -0.05) is 0 Å². The number of nitrogens with one attached hydrogen (secondary N) is 1. The summed E-state index contributed by atoms with van der Waals surface area (Å²) >= 11 is 0. The van der Waals surface area contributed by atoms with Crippen LogP contribution in [0.2, 0.25) is 0 Å². The smallest absolute Gasteiger partial charge is 0.351 e. The molecule has 1 saturated heterocycles. The van der Waals surface area contributed by atoms with Crippen molar-refractivity contribution < 1.29 is 20.1 Å². The number of rotatable bonds is 2. The summed E-state index contributed by atoms with van der Waals surface area (Å²) in [6, 6.07) is 0. The molecule has 0 spiro atoms. The maximum absolute atomic E-state index is 12.2. The minimum Gasteiger partial charge on any atom is -0.394 e. The quantitative estimate of drug-likeness (QED) is 0.517. The van der Waals surface area contributed by atoms with Gasteiger partial charge in [-0.3, -0.25) is 9.36 Å². The van der Waals surface area contributed by atoms with Crippen molar-refractivity contribution >= 4 is 11.0 Å². The Bertz CT molecular complexity index is 873. The van der Waals surface area contributed by atoms with E-state index in [-0.39, 0.29) is 11.2 Å². The van der Waals surface area contributed by atoms with Crippen LogP contribution in [0.5, 0.6) is 0 Å². The van der Waals surface area contributed by atoms with E-state index in [2.05, 4.69) is 9.97 Å². The number of aryl methyl sites for hydroxylation is 1. The van der Waals surface area contributed by atoms with E-state index in [1.165, 1.54) is 6.20 Å². The third-order valence-electron chi connectivity index (χ3n) is 4.28. The minimum absolute atomic E-state index is 0.145. The molecule has 0 radical (unpaired) electrons. The van der Waals surface area contributed by atoms with Crippen LogP contribution in [0.15, 0.2) is 15.8 Å². The van der Waals surface area contributed by atoms with Crippen molar-refractivity contribution in [3.05, 3.63) is 38.2 Å². The number of hydrogen-bond acceptors (Lipinski definition) is 7. The first-order chi connectivity index (χ1) is 10.8. The van der Waals surface area contributed by atoms with Crippen LogP contribution < -0.4 is 11.2 Å². The molecule has 0 saturated carbocycles. The van der Waals surface area contributed by atoms with Crippen LogP contribution in [0.25, 0.3) is 11.0 Å². The molecule has 4 N–H and O–H groups in total. The number of ether oxygens (including phenoxy) is 1. The zero-order valence-electron chi connectivity index (χ0n) is 12.6. The summed E-state index contributed by atoms with van der Waals surface area (Å²) in [5.41, 5.74) is 0.215. The van der Waals surface area contributed by atoms with Gasteiger partial charge in [-0.25, -0.2) is 4.79 Å². The number of aliphatic hydroxyl groups is 3. The number of aromatic amines is 1. The Kier molecular flexibility index (Phi) is 3.80. The summed E-state index contributed by atoms with van der Waals surface area (Å²) < 4.78 is 6.40. The molecule has 2 aromatic heterocycles. The summed E-state index contributed by atoms with van der Waals surface area (Å²) in [5, 5.41) is 29.5. The van der Waals surface area contributed by atoms with Gasteiger partial charge in [0.2, 0.25) is 0 Å². The Balaban J connectivity index is 2.18. The van der Waals surface area contributed by atoms with E-state index in [0.29, 0.717) is 16.5 Å². The standard InChI is InChI=1S/C14H17N3O6/c1-5-6(2)12(21)15-11-7(5)3-17(14(22)16-11)13-10(20)9(19)8(4-18)23-13/h3,8-10,13,18-20H,4H2,1-2H3,(H,15,16,21,22). The molecular weight excluding hydrogens is 306 g/mol. The van der Waals surface area contributed by atoms with Gasteiger partial charge >= 0.3 is 5.69 Å². The summed E-state index contributed by atoms with van der Waals surface area (Å²) in [7, 11) is 0. The number of hydrogen-bond donors (Lipinski definition) is 4. The number of pyridine rings is 1. The van der Waals surface area contributed by atoms with Gasteiger partial charge in [0.1, 0.15) is 24.0 Å². The number of fused-ring (bicyclic) bond motifs is 1. The highest BCUT2D eigenvalue weighted by atomic mass is 16.6. The average Bonchev–Trinajstić information content (AvgIpc) is 2.80. The zero-order valence-corrected chi connectivity index (χ0v) is 12.6. The SMILES string of the molecule is Cc1c(C)c2cn(C3OC(CO)C(O)C3O)c(=O)nc2[nH]c1=O. The van der Waals surface area contributed by atoms with Crippen molar-refractivity contribution in [1.82, 2.24) is 14.5 Å². The van der Waals surface area contributed by atoms with E-state index in [0.717, 1.165) is 4.57 Å². The molecule has 9 nitrogen and oxygen atoms in total. The van der Waals surface area contributed by atoms with Crippen LogP contribution in [0, 0.1) is 13.8 Å². The fourth-order valence-corrected chi connectivity index (χ4v) is 2.70. The number of aliphatic hydroxyl groups excluding tert-OH is 3. The molecule has 2 aromatic rings. The highest BCUT2D eigenvalue weighted by Gasteiger charge is 2.43. The summed E-state index contributed by atoms with van der Waals surface area (Å²) in [6.07, 6.45) is -3.43. The third-order valence-corrected chi connectivity index (χ3v) is 4.28. The molecule has 124 valence electrons. The number of H-pyrrole nitrogens is 1. The van der Waals surface area contributed by atoms with Crippen LogP contribution in [0.4, 0.5) is 0 Å². The molecule has 0 aliphatic carbocycles. The van der Waals surface area contributed by atoms with Crippen LogP contribution in [0.3, 0.4) is 0 Å². The molecule has 23 heavy (non-hydrogen) atoms. The van der Waals surface area contributed by atoms with Crippen molar-refractivity contribution in [3.63, 3.8) is 0 Å². The first-order valence-electron chi connectivity index (χ1n) is 7.10. The lowest BCUT2D eigenvalue weighted by Gasteiger charge is -2.18. The average molecular weight is 323 g/mol. The second-order valence-electron chi connectivity index (χ2n) is 5.63. The van der Waals surface area contributed by atoms with E-state index in [4.69, 9.17) is 9.84 Å². The lowest BCUT2D eigenvalue weighted by atomic mass is 10.1. The van der Waals surface area contributed by atoms with Crippen molar-refractivity contribution in [1.29, 1.82) is 0 Å². The van der Waals surface area contributed by atoms with Gasteiger partial charge in [-0.2, -0.15) is 4.98 Å². The highest BCUT2D eigenvalue weighted by Crippen LogP contribution is 2.28. The first kappa shape index (κ1) is 15.8. The Morgan fingerprint density at radius 3 is 2.57 bits per heavy atom. The van der Waals surface area contributed by atoms with Crippen LogP contribution in [-0.4, -0.2) is 54.8 Å². The van der Waals surface area contributed by atoms with Gasteiger partial charge in [0, 0.05) is 17.1 Å². The minimum atomic E-state index is -1.38. The number of nitrogens with zero attached hydrogens (tertiary/aromatic N) is 2. The van der Waals surface area contributed by atoms with Crippen molar-refractivity contribution in [2.75, 3.05) is 6.61 Å². The predicted octanol–water partition coefficient (Wildman–Crippen LogP) is -1.69. The molecule has 0 aromatic carbocycles. The van der Waals surface area contributed by atoms with E-state index >= 15 is 0 Å². The molecule has 4 atom stereocenters. The molecule has 4 unspecified atom stereocenters. The topological polar surface area (TPSA) is 138 Å². The van der Waals surface area contributed by atoms with Crippen LogP contribution >= 0.6 is 0 Å². The van der Waals surface area contributed by atoms with E-state index < -0.39 is 36.8 Å². The Hall–Kier alpha value is -2.07. The molecular formula is C14H17N3O6. The molecule has 1 fully saturated rings. The van der Waals surface area contributed by atoms with E-state index in [9.17, 15) is 19.8 Å². The lowest BCUT2D eigenvalue weighted by molar-refractivity contribution is -0.0547. The second kappa shape index (κ2) is 5.53. The summed E-state index contributed by atoms with van der Waals surface area (Å²) in [6.45, 7) is 2.88. The Morgan fingerprint density at radius 1 is 1.26 bits per heavy atom. The Labute approximate surface area is 129 Å². The lowest BCUT2D eigenvalue weighted by Crippen LogP contribution is -2.36. The maximum atomic E-state index is 12.2. The molecule has 9 heteroatoms. The summed E-state index contributed by atoms with van der Waals surface area (Å²) in [5.74, 6) is 0. The van der Waals surface area contributed by atoms with Gasteiger partial charge in [0.15, 0.2) is 6.23 Å². The maximum Gasteiger partial charge on any atom is 0.351 e. The largest absolute Gasteiger partial charge is 0.394 e. The van der Waals surface area contributed by atoms with Gasteiger partial charge in [-0.15, -0.1) is 0 Å². The molecule has 1 aliphatic heterocycles. The fourth-order valence-electron chi connectivity index (χ4n) is 2.70. The van der Waals surface area contributed by atoms with E-state index in [1.807, 2.05) is 0 Å². The molecule has 1 aliphatic rings. The predicted molar refractivity (Wildman–Crippen MR) is 79.1 cm³/mol. The monoisotopic (exact) mass is 323 g/mol. The molecule has 3 rings (SSSR count).